The molecule has 0 aromatic heterocycles. The van der Waals surface area contributed by atoms with E-state index in [9.17, 15) is 0 Å². The molecule has 0 fully saturated rings. The Morgan fingerprint density at radius 1 is 1.07 bits per heavy atom. The zero-order valence-corrected chi connectivity index (χ0v) is 8.75. The number of aliphatic carboxylic acids is 1. The normalized spacial score (nSPS) is 9.07. The summed E-state index contributed by atoms with van der Waals surface area (Å²) in [5, 5.41) is 13.7. The van der Waals surface area contributed by atoms with Gasteiger partial charge in [-0.05, 0) is 0 Å². The first-order valence-electron chi connectivity index (χ1n) is 4.66. The molecule has 0 heterocycles. The van der Waals surface area contributed by atoms with Crippen molar-refractivity contribution in [2.45, 2.75) is 6.92 Å². The summed E-state index contributed by atoms with van der Waals surface area (Å²) in [6.07, 6.45) is 0. The van der Waals surface area contributed by atoms with Crippen LogP contribution in [0.25, 0.3) is 0 Å². The minimum Gasteiger partial charge on any atom is -0.481 e. The van der Waals surface area contributed by atoms with Crippen molar-refractivity contribution in [1.29, 1.82) is 0 Å². The van der Waals surface area contributed by atoms with Crippen LogP contribution in [0.5, 0.6) is 0 Å². The molecule has 7 N–H and O–H groups in total. The van der Waals surface area contributed by atoms with E-state index in [0.717, 1.165) is 33.1 Å². The number of rotatable bonds is 7. The molecule has 0 rings (SSSR count). The summed E-state index contributed by atoms with van der Waals surface area (Å²) < 4.78 is 0. The average Bonchev–Trinajstić information content (AvgIpc) is 2.10. The molecule has 0 amide bonds. The Morgan fingerprint density at radius 3 is 1.57 bits per heavy atom. The van der Waals surface area contributed by atoms with E-state index in [4.69, 9.17) is 21.4 Å². The van der Waals surface area contributed by atoms with Gasteiger partial charge in [-0.25, -0.2) is 0 Å². The lowest BCUT2D eigenvalue weighted by Gasteiger charge is -2.03. The number of hydrogen-bond acceptors (Lipinski definition) is 5. The molecule has 14 heavy (non-hydrogen) atoms. The van der Waals surface area contributed by atoms with E-state index in [1.165, 1.54) is 0 Å². The molecule has 0 saturated carbocycles. The van der Waals surface area contributed by atoms with Gasteiger partial charge in [-0.3, -0.25) is 4.79 Å². The van der Waals surface area contributed by atoms with Crippen LogP contribution in [-0.2, 0) is 4.79 Å². The number of carboxylic acids is 1. The number of carbonyl (C=O) groups is 1. The molecule has 0 saturated heterocycles. The van der Waals surface area contributed by atoms with E-state index >= 15 is 0 Å². The molecular weight excluding hydrogens is 184 g/mol. The molecule has 0 aromatic rings. The van der Waals surface area contributed by atoms with E-state index in [-0.39, 0.29) is 0 Å². The van der Waals surface area contributed by atoms with Crippen molar-refractivity contribution in [2.75, 3.05) is 39.3 Å². The molecule has 0 bridgehead atoms. The highest BCUT2D eigenvalue weighted by atomic mass is 16.4. The van der Waals surface area contributed by atoms with Crippen molar-refractivity contribution in [2.24, 2.45) is 11.5 Å². The van der Waals surface area contributed by atoms with Crippen LogP contribution in [0, 0.1) is 0 Å². The lowest BCUT2D eigenvalue weighted by molar-refractivity contribution is -0.134. The zero-order chi connectivity index (χ0) is 11.2. The smallest absolute Gasteiger partial charge is 0.300 e. The molecule has 0 radical (unpaired) electrons. The van der Waals surface area contributed by atoms with Crippen LogP contribution in [0.1, 0.15) is 6.92 Å². The third-order valence-electron chi connectivity index (χ3n) is 1.12. The number of nitrogens with one attached hydrogen (secondary N) is 2. The van der Waals surface area contributed by atoms with Gasteiger partial charge in [0.1, 0.15) is 0 Å². The molecule has 0 aliphatic rings. The van der Waals surface area contributed by atoms with Crippen molar-refractivity contribution in [3.05, 3.63) is 0 Å². The van der Waals surface area contributed by atoms with Gasteiger partial charge in [0.15, 0.2) is 0 Å². The topological polar surface area (TPSA) is 113 Å². The van der Waals surface area contributed by atoms with Crippen molar-refractivity contribution in [3.8, 4) is 0 Å². The third-order valence-corrected chi connectivity index (χ3v) is 1.12. The Balaban J connectivity index is 0. The monoisotopic (exact) mass is 206 g/mol. The van der Waals surface area contributed by atoms with Crippen LogP contribution < -0.4 is 22.1 Å². The summed E-state index contributed by atoms with van der Waals surface area (Å²) in [5.41, 5.74) is 10.5. The maximum atomic E-state index is 9.00. The van der Waals surface area contributed by atoms with Crippen LogP contribution in [0.15, 0.2) is 0 Å². The predicted octanol–water partition coefficient (Wildman–Crippen LogP) is -1.83. The molecular formula is C8H22N4O2. The second-order valence-corrected chi connectivity index (χ2v) is 2.60. The first-order chi connectivity index (χ1) is 6.65. The minimum atomic E-state index is -0.833. The summed E-state index contributed by atoms with van der Waals surface area (Å²) >= 11 is 0. The maximum Gasteiger partial charge on any atom is 0.300 e. The first-order valence-corrected chi connectivity index (χ1v) is 4.66. The fourth-order valence-electron chi connectivity index (χ4n) is 0.631. The molecule has 0 aliphatic carbocycles. The van der Waals surface area contributed by atoms with Crippen molar-refractivity contribution in [1.82, 2.24) is 10.6 Å². The highest BCUT2D eigenvalue weighted by Crippen LogP contribution is 1.57. The van der Waals surface area contributed by atoms with Crippen LogP contribution in [-0.4, -0.2) is 50.3 Å². The van der Waals surface area contributed by atoms with Gasteiger partial charge in [-0.1, -0.05) is 0 Å². The first kappa shape index (κ1) is 15.8. The van der Waals surface area contributed by atoms with Gasteiger partial charge in [0.2, 0.25) is 0 Å². The summed E-state index contributed by atoms with van der Waals surface area (Å²) in [5.74, 6) is -0.833. The Bertz CT molecular complexity index is 110. The van der Waals surface area contributed by atoms with Gasteiger partial charge < -0.3 is 27.2 Å². The molecule has 0 aromatic carbocycles. The number of nitrogens with two attached hydrogens (primary N) is 2. The zero-order valence-electron chi connectivity index (χ0n) is 8.75. The standard InChI is InChI=1S/C6H18N4.C2H4O2/c7-1-3-9-5-6-10-4-2-8;1-2(3)4/h9-10H,1-8H2;1H3,(H,3,4). The predicted molar refractivity (Wildman–Crippen MR) is 57.2 cm³/mol. The number of hydrogen-bond donors (Lipinski definition) is 5. The molecule has 86 valence electrons. The summed E-state index contributed by atoms with van der Waals surface area (Å²) in [6, 6.07) is 0. The lowest BCUT2D eigenvalue weighted by Crippen LogP contribution is -2.32. The maximum absolute atomic E-state index is 9.00. The van der Waals surface area contributed by atoms with Gasteiger partial charge in [-0.2, -0.15) is 0 Å². The van der Waals surface area contributed by atoms with Crippen LogP contribution in [0.4, 0.5) is 0 Å². The largest absolute Gasteiger partial charge is 0.481 e. The van der Waals surface area contributed by atoms with Gasteiger partial charge in [-0.15, -0.1) is 0 Å². The van der Waals surface area contributed by atoms with E-state index in [2.05, 4.69) is 10.6 Å². The highest BCUT2D eigenvalue weighted by molar-refractivity contribution is 5.62. The molecule has 6 nitrogen and oxygen atoms in total. The van der Waals surface area contributed by atoms with Gasteiger partial charge in [0, 0.05) is 46.2 Å². The fraction of sp³-hybridized carbons (Fsp3) is 0.875. The van der Waals surface area contributed by atoms with Gasteiger partial charge >= 0.3 is 0 Å². The second-order valence-electron chi connectivity index (χ2n) is 2.60. The van der Waals surface area contributed by atoms with E-state index < -0.39 is 5.97 Å². The average molecular weight is 206 g/mol. The summed E-state index contributed by atoms with van der Waals surface area (Å²) in [6.45, 7) is 6.22. The third kappa shape index (κ3) is 30.2. The van der Waals surface area contributed by atoms with E-state index in [1.807, 2.05) is 0 Å². The van der Waals surface area contributed by atoms with Crippen LogP contribution in [0.2, 0.25) is 0 Å². The molecule has 0 unspecified atom stereocenters. The minimum absolute atomic E-state index is 0.705. The molecule has 0 atom stereocenters. The summed E-state index contributed by atoms with van der Waals surface area (Å²) in [7, 11) is 0. The SMILES string of the molecule is CC(=O)O.NCCNCCNCCN. The quantitative estimate of drug-likeness (QED) is 0.313. The number of carboxylic acid groups (broad SMARTS) is 1. The van der Waals surface area contributed by atoms with E-state index in [0.29, 0.717) is 13.1 Å². The fourth-order valence-corrected chi connectivity index (χ4v) is 0.631. The van der Waals surface area contributed by atoms with E-state index in [1.54, 1.807) is 0 Å². The van der Waals surface area contributed by atoms with Crippen molar-refractivity contribution >= 4 is 5.97 Å². The highest BCUT2D eigenvalue weighted by Gasteiger charge is 1.83. The molecule has 6 heteroatoms. The second kappa shape index (κ2) is 14.8. The van der Waals surface area contributed by atoms with Crippen LogP contribution >= 0.6 is 0 Å². The summed E-state index contributed by atoms with van der Waals surface area (Å²) in [4.78, 5) is 9.00. The van der Waals surface area contributed by atoms with Crippen LogP contribution in [0.3, 0.4) is 0 Å². The Labute approximate surface area is 85.0 Å². The van der Waals surface area contributed by atoms with Gasteiger partial charge in [0.25, 0.3) is 5.97 Å². The molecule has 0 spiro atoms. The molecule has 0 aliphatic heterocycles. The van der Waals surface area contributed by atoms with Gasteiger partial charge in [0.05, 0.1) is 0 Å². The Hall–Kier alpha value is -0.690. The lowest BCUT2D eigenvalue weighted by atomic mass is 10.5. The Morgan fingerprint density at radius 2 is 1.36 bits per heavy atom. The van der Waals surface area contributed by atoms with Crippen molar-refractivity contribution < 1.29 is 9.90 Å². The van der Waals surface area contributed by atoms with Crippen molar-refractivity contribution in [3.63, 3.8) is 0 Å². The Kier molecular flexibility index (Phi) is 16.7.